The van der Waals surface area contributed by atoms with Gasteiger partial charge in [0.2, 0.25) is 0 Å². The number of hydrogen-bond donors (Lipinski definition) is 0. The Morgan fingerprint density at radius 2 is 2.43 bits per heavy atom. The van der Waals surface area contributed by atoms with Crippen LogP contribution in [0.1, 0.15) is 13.3 Å². The Morgan fingerprint density at radius 1 is 1.86 bits per heavy atom. The molecule has 0 aromatic rings. The van der Waals surface area contributed by atoms with Gasteiger partial charge in [-0.05, 0) is 13.3 Å². The van der Waals surface area contributed by atoms with E-state index in [1.807, 2.05) is 19.1 Å². The van der Waals surface area contributed by atoms with Crippen molar-refractivity contribution in [3.8, 4) is 6.07 Å². The summed E-state index contributed by atoms with van der Waals surface area (Å²) in [5.41, 5.74) is -0.111. The van der Waals surface area contributed by atoms with E-state index < -0.39 is 0 Å². The maximum absolute atomic E-state index is 8.34. The Morgan fingerprint density at radius 3 is 2.43 bits per heavy atom. The summed E-state index contributed by atoms with van der Waals surface area (Å²) in [4.78, 5) is 0. The predicted molar refractivity (Wildman–Crippen MR) is 27.5 cm³/mol. The summed E-state index contributed by atoms with van der Waals surface area (Å²) in [5, 5.41) is 8.34. The molecule has 0 N–H and O–H groups in total. The van der Waals surface area contributed by atoms with Gasteiger partial charge in [-0.25, -0.2) is 0 Å². The topological polar surface area (TPSA) is 23.8 Å². The van der Waals surface area contributed by atoms with Gasteiger partial charge in [-0.15, -0.1) is 0 Å². The molecule has 0 saturated heterocycles. The van der Waals surface area contributed by atoms with Gasteiger partial charge in [0.05, 0.1) is 11.5 Å². The van der Waals surface area contributed by atoms with Crippen molar-refractivity contribution < 1.29 is 0 Å². The first-order valence-corrected chi connectivity index (χ1v) is 2.36. The summed E-state index contributed by atoms with van der Waals surface area (Å²) >= 11 is 0. The molecule has 0 heterocycles. The van der Waals surface area contributed by atoms with Gasteiger partial charge in [-0.2, -0.15) is 5.26 Å². The highest BCUT2D eigenvalue weighted by atomic mass is 14.4. The molecule has 0 fully saturated rings. The van der Waals surface area contributed by atoms with Crippen molar-refractivity contribution in [1.29, 1.82) is 5.26 Å². The van der Waals surface area contributed by atoms with Crippen LogP contribution in [0.5, 0.6) is 0 Å². The van der Waals surface area contributed by atoms with Crippen LogP contribution in [0.3, 0.4) is 0 Å². The van der Waals surface area contributed by atoms with Crippen LogP contribution in [-0.2, 0) is 0 Å². The number of rotatable bonds is 0. The number of hydrogen-bond acceptors (Lipinski definition) is 1. The summed E-state index contributed by atoms with van der Waals surface area (Å²) in [6.45, 7) is 1.94. The Kier molecular flexibility index (Phi) is 0.689. The molecule has 1 aliphatic carbocycles. The normalized spacial score (nSPS) is 36.6. The summed E-state index contributed by atoms with van der Waals surface area (Å²) in [6.07, 6.45) is 4.89. The SMILES string of the molecule is C[C@@]1(C#N)C=CC1. The van der Waals surface area contributed by atoms with E-state index in [0.29, 0.717) is 0 Å². The van der Waals surface area contributed by atoms with Gasteiger partial charge >= 0.3 is 0 Å². The van der Waals surface area contributed by atoms with Crippen LogP contribution in [0.2, 0.25) is 0 Å². The second-order valence-corrected chi connectivity index (χ2v) is 2.14. The quantitative estimate of drug-likeness (QED) is 0.416. The van der Waals surface area contributed by atoms with Gasteiger partial charge < -0.3 is 0 Å². The Hall–Kier alpha value is -0.770. The first kappa shape index (κ1) is 4.39. The molecule has 1 heteroatoms. The lowest BCUT2D eigenvalue weighted by Gasteiger charge is -2.21. The van der Waals surface area contributed by atoms with Crippen molar-refractivity contribution in [3.05, 3.63) is 12.2 Å². The molecular weight excluding hydrogens is 86.1 g/mol. The van der Waals surface area contributed by atoms with Crippen LogP contribution in [0.25, 0.3) is 0 Å². The highest BCUT2D eigenvalue weighted by Crippen LogP contribution is 2.30. The number of nitriles is 1. The van der Waals surface area contributed by atoms with Crippen LogP contribution < -0.4 is 0 Å². The molecule has 0 spiro atoms. The average Bonchev–Trinajstić information content (AvgIpc) is 1.61. The summed E-state index contributed by atoms with van der Waals surface area (Å²) < 4.78 is 0. The third kappa shape index (κ3) is 0.521. The van der Waals surface area contributed by atoms with Gasteiger partial charge in [0.25, 0.3) is 0 Å². The molecule has 7 heavy (non-hydrogen) atoms. The number of nitrogens with zero attached hydrogens (tertiary/aromatic N) is 1. The molecule has 0 saturated carbocycles. The monoisotopic (exact) mass is 93.1 g/mol. The molecule has 0 radical (unpaired) electrons. The lowest BCUT2D eigenvalue weighted by Crippen LogP contribution is -2.14. The van der Waals surface area contributed by atoms with Crippen molar-refractivity contribution in [2.75, 3.05) is 0 Å². The van der Waals surface area contributed by atoms with E-state index in [9.17, 15) is 0 Å². The van der Waals surface area contributed by atoms with Crippen LogP contribution in [-0.4, -0.2) is 0 Å². The van der Waals surface area contributed by atoms with Crippen molar-refractivity contribution in [1.82, 2.24) is 0 Å². The second kappa shape index (κ2) is 1.10. The summed E-state index contributed by atoms with van der Waals surface area (Å²) in [6, 6.07) is 2.19. The minimum atomic E-state index is -0.111. The van der Waals surface area contributed by atoms with Crippen molar-refractivity contribution in [2.45, 2.75) is 13.3 Å². The van der Waals surface area contributed by atoms with E-state index in [0.717, 1.165) is 6.42 Å². The lowest BCUT2D eigenvalue weighted by molar-refractivity contribution is 0.526. The molecule has 1 rings (SSSR count). The summed E-state index contributed by atoms with van der Waals surface area (Å²) in [5.74, 6) is 0. The molecule has 1 nitrogen and oxygen atoms in total. The predicted octanol–water partition coefficient (Wildman–Crippen LogP) is 1.48. The minimum absolute atomic E-state index is 0.111. The van der Waals surface area contributed by atoms with Gasteiger partial charge in [-0.1, -0.05) is 12.2 Å². The van der Waals surface area contributed by atoms with E-state index >= 15 is 0 Å². The van der Waals surface area contributed by atoms with E-state index in [1.54, 1.807) is 0 Å². The molecule has 0 aromatic carbocycles. The highest BCUT2D eigenvalue weighted by molar-refractivity contribution is 5.20. The smallest absolute Gasteiger partial charge is 0.0759 e. The third-order valence-corrected chi connectivity index (χ3v) is 1.28. The van der Waals surface area contributed by atoms with E-state index in [2.05, 4.69) is 6.07 Å². The molecule has 1 aliphatic rings. The zero-order valence-corrected chi connectivity index (χ0v) is 4.31. The molecule has 0 aliphatic heterocycles. The van der Waals surface area contributed by atoms with Crippen LogP contribution in [0, 0.1) is 16.7 Å². The molecule has 0 amide bonds. The number of allylic oxidation sites excluding steroid dienone is 2. The van der Waals surface area contributed by atoms with Gasteiger partial charge in [0.15, 0.2) is 0 Å². The van der Waals surface area contributed by atoms with Crippen LogP contribution in [0.4, 0.5) is 0 Å². The molecular formula is C6H7N. The largest absolute Gasteiger partial charge is 0.197 e. The first-order valence-electron chi connectivity index (χ1n) is 2.36. The molecule has 0 bridgehead atoms. The Bertz CT molecular complexity index is 141. The minimum Gasteiger partial charge on any atom is -0.197 e. The van der Waals surface area contributed by atoms with E-state index in [1.165, 1.54) is 0 Å². The fourth-order valence-corrected chi connectivity index (χ4v) is 0.554. The zero-order chi connectivity index (χ0) is 5.33. The molecule has 0 aromatic heterocycles. The third-order valence-electron chi connectivity index (χ3n) is 1.28. The molecule has 36 valence electrons. The standard InChI is InChI=1S/C6H7N/c1-6(5-7)3-2-4-6/h2-3H,4H2,1H3/t6-/m1/s1. The average molecular weight is 93.1 g/mol. The Labute approximate surface area is 43.3 Å². The van der Waals surface area contributed by atoms with Crippen LogP contribution >= 0.6 is 0 Å². The lowest BCUT2D eigenvalue weighted by atomic mass is 9.80. The van der Waals surface area contributed by atoms with Crippen molar-refractivity contribution in [3.63, 3.8) is 0 Å². The van der Waals surface area contributed by atoms with Gasteiger partial charge in [0.1, 0.15) is 0 Å². The second-order valence-electron chi connectivity index (χ2n) is 2.14. The fraction of sp³-hybridized carbons (Fsp3) is 0.500. The zero-order valence-electron chi connectivity index (χ0n) is 4.31. The van der Waals surface area contributed by atoms with E-state index in [4.69, 9.17) is 5.26 Å². The van der Waals surface area contributed by atoms with Crippen LogP contribution in [0.15, 0.2) is 12.2 Å². The maximum Gasteiger partial charge on any atom is 0.0759 e. The maximum atomic E-state index is 8.34. The highest BCUT2D eigenvalue weighted by Gasteiger charge is 2.23. The molecule has 1 atom stereocenters. The van der Waals surface area contributed by atoms with Gasteiger partial charge in [-0.3, -0.25) is 0 Å². The summed E-state index contributed by atoms with van der Waals surface area (Å²) in [7, 11) is 0. The fourth-order valence-electron chi connectivity index (χ4n) is 0.554. The Balaban J connectivity index is 2.70. The first-order chi connectivity index (χ1) is 3.27. The van der Waals surface area contributed by atoms with Crippen molar-refractivity contribution >= 4 is 0 Å². The molecule has 0 unspecified atom stereocenters. The van der Waals surface area contributed by atoms with Crippen molar-refractivity contribution in [2.24, 2.45) is 5.41 Å². The van der Waals surface area contributed by atoms with E-state index in [-0.39, 0.29) is 5.41 Å². The van der Waals surface area contributed by atoms with Gasteiger partial charge in [0, 0.05) is 0 Å².